The molecule has 1 unspecified atom stereocenters. The van der Waals surface area contributed by atoms with Gasteiger partial charge in [-0.25, -0.2) is 4.98 Å². The van der Waals surface area contributed by atoms with E-state index >= 15 is 0 Å². The van der Waals surface area contributed by atoms with Gasteiger partial charge in [0.25, 0.3) is 0 Å². The van der Waals surface area contributed by atoms with E-state index in [0.29, 0.717) is 6.04 Å². The van der Waals surface area contributed by atoms with Crippen molar-refractivity contribution in [3.63, 3.8) is 0 Å². The molecule has 0 fully saturated rings. The first-order valence-corrected chi connectivity index (χ1v) is 6.92. The molecule has 4 heteroatoms. The number of benzene rings is 1. The van der Waals surface area contributed by atoms with Gasteiger partial charge in [-0.2, -0.15) is 0 Å². The van der Waals surface area contributed by atoms with Gasteiger partial charge in [0.1, 0.15) is 0 Å². The van der Waals surface area contributed by atoms with Gasteiger partial charge in [0.05, 0.1) is 0 Å². The number of hydrogen-bond acceptors (Lipinski definition) is 4. The van der Waals surface area contributed by atoms with Crippen molar-refractivity contribution < 1.29 is 0 Å². The normalized spacial score (nSPS) is 12.2. The highest BCUT2D eigenvalue weighted by Gasteiger charge is 2.10. The van der Waals surface area contributed by atoms with Crippen molar-refractivity contribution in [3.8, 4) is 0 Å². The lowest BCUT2D eigenvalue weighted by atomic mass is 10.2. The van der Waals surface area contributed by atoms with Gasteiger partial charge in [-0.15, -0.1) is 11.3 Å². The highest BCUT2D eigenvalue weighted by Crippen LogP contribution is 2.18. The van der Waals surface area contributed by atoms with Crippen molar-refractivity contribution >= 4 is 22.2 Å². The molecule has 1 atom stereocenters. The fourth-order valence-electron chi connectivity index (χ4n) is 1.73. The fraction of sp³-hybridized carbons (Fsp3) is 0.357. The van der Waals surface area contributed by atoms with Crippen molar-refractivity contribution in [2.75, 3.05) is 23.8 Å². The number of nitrogens with one attached hydrogen (secondary N) is 1. The lowest BCUT2D eigenvalue weighted by Crippen LogP contribution is -2.34. The van der Waals surface area contributed by atoms with Crippen LogP contribution in [0.2, 0.25) is 0 Å². The molecule has 2 aromatic rings. The summed E-state index contributed by atoms with van der Waals surface area (Å²) in [5.74, 6) is 0. The van der Waals surface area contributed by atoms with Gasteiger partial charge in [-0.3, -0.25) is 0 Å². The summed E-state index contributed by atoms with van der Waals surface area (Å²) in [7, 11) is 2.12. The number of rotatable bonds is 5. The summed E-state index contributed by atoms with van der Waals surface area (Å²) in [5.41, 5.74) is 1.24. The molecule has 1 heterocycles. The first-order valence-electron chi connectivity index (χ1n) is 6.11. The molecule has 1 aromatic heterocycles. The minimum Gasteiger partial charge on any atom is -0.370 e. The van der Waals surface area contributed by atoms with Gasteiger partial charge in [0.15, 0.2) is 5.13 Å². The van der Waals surface area contributed by atoms with E-state index in [1.165, 1.54) is 10.6 Å². The summed E-state index contributed by atoms with van der Waals surface area (Å²) in [6.07, 6.45) is 1.90. The second kappa shape index (κ2) is 5.87. The van der Waals surface area contributed by atoms with E-state index < -0.39 is 0 Å². The Bertz CT molecular complexity index is 481. The predicted octanol–water partition coefficient (Wildman–Crippen LogP) is 3.39. The number of likely N-dealkylation sites (N-methyl/N-ethyl adjacent to an activating group) is 1. The van der Waals surface area contributed by atoms with E-state index in [2.05, 4.69) is 60.4 Å². The number of hydrogen-bond donors (Lipinski definition) is 1. The minimum atomic E-state index is 0.414. The van der Waals surface area contributed by atoms with Crippen LogP contribution in [0.25, 0.3) is 0 Å². The first kappa shape index (κ1) is 12.9. The Hall–Kier alpha value is -1.55. The first-order chi connectivity index (χ1) is 8.66. The molecule has 0 bridgehead atoms. The molecule has 0 aliphatic carbocycles. The molecule has 0 saturated heterocycles. The Morgan fingerprint density at radius 1 is 1.33 bits per heavy atom. The van der Waals surface area contributed by atoms with Gasteiger partial charge in [-0.05, 0) is 26.0 Å². The third-order valence-corrected chi connectivity index (χ3v) is 3.87. The number of thiazole rings is 1. The highest BCUT2D eigenvalue weighted by molar-refractivity contribution is 7.15. The molecular formula is C14H19N3S. The van der Waals surface area contributed by atoms with Crippen LogP contribution in [0.3, 0.4) is 0 Å². The second-order valence-electron chi connectivity index (χ2n) is 4.45. The van der Waals surface area contributed by atoms with Crippen LogP contribution in [-0.4, -0.2) is 24.6 Å². The number of para-hydroxylation sites is 1. The second-order valence-corrected chi connectivity index (χ2v) is 5.69. The smallest absolute Gasteiger partial charge is 0.182 e. The third kappa shape index (κ3) is 3.23. The van der Waals surface area contributed by atoms with Crippen LogP contribution in [0.4, 0.5) is 10.8 Å². The van der Waals surface area contributed by atoms with E-state index in [-0.39, 0.29) is 0 Å². The van der Waals surface area contributed by atoms with E-state index in [4.69, 9.17) is 0 Å². The Labute approximate surface area is 112 Å². The van der Waals surface area contributed by atoms with Crippen LogP contribution >= 0.6 is 11.3 Å². The Kier molecular flexibility index (Phi) is 4.20. The predicted molar refractivity (Wildman–Crippen MR) is 79.6 cm³/mol. The number of aromatic nitrogens is 1. The van der Waals surface area contributed by atoms with Gasteiger partial charge in [-0.1, -0.05) is 18.2 Å². The van der Waals surface area contributed by atoms with Gasteiger partial charge in [0.2, 0.25) is 0 Å². The highest BCUT2D eigenvalue weighted by atomic mass is 32.1. The number of aryl methyl sites for hydroxylation is 1. The molecule has 0 aliphatic rings. The molecule has 0 aliphatic heterocycles. The van der Waals surface area contributed by atoms with E-state index in [0.717, 1.165) is 11.7 Å². The summed E-state index contributed by atoms with van der Waals surface area (Å²) in [4.78, 5) is 7.82. The van der Waals surface area contributed by atoms with Crippen LogP contribution in [0.1, 0.15) is 11.8 Å². The van der Waals surface area contributed by atoms with Crippen LogP contribution in [-0.2, 0) is 0 Å². The van der Waals surface area contributed by atoms with Gasteiger partial charge in [0, 0.05) is 36.4 Å². The SMILES string of the molecule is Cc1cnc(NCC(C)N(C)c2ccccc2)s1. The van der Waals surface area contributed by atoms with E-state index in [9.17, 15) is 0 Å². The van der Waals surface area contributed by atoms with Gasteiger partial charge < -0.3 is 10.2 Å². The minimum absolute atomic E-state index is 0.414. The summed E-state index contributed by atoms with van der Waals surface area (Å²) >= 11 is 1.70. The molecule has 2 rings (SSSR count). The Morgan fingerprint density at radius 2 is 2.06 bits per heavy atom. The van der Waals surface area contributed by atoms with E-state index in [1.807, 2.05) is 12.3 Å². The Morgan fingerprint density at radius 3 is 2.67 bits per heavy atom. The molecule has 0 amide bonds. The molecule has 1 N–H and O–H groups in total. The molecule has 1 aromatic carbocycles. The number of nitrogens with zero attached hydrogens (tertiary/aromatic N) is 2. The van der Waals surface area contributed by atoms with Crippen molar-refractivity contribution in [2.45, 2.75) is 19.9 Å². The summed E-state index contributed by atoms with van der Waals surface area (Å²) < 4.78 is 0. The average molecular weight is 261 g/mol. The maximum absolute atomic E-state index is 4.31. The lowest BCUT2D eigenvalue weighted by Gasteiger charge is -2.27. The van der Waals surface area contributed by atoms with Crippen LogP contribution in [0.15, 0.2) is 36.5 Å². The summed E-state index contributed by atoms with van der Waals surface area (Å²) in [6, 6.07) is 10.8. The molecule has 96 valence electrons. The fourth-order valence-corrected chi connectivity index (χ4v) is 2.40. The molecule has 0 spiro atoms. The molecule has 18 heavy (non-hydrogen) atoms. The van der Waals surface area contributed by atoms with Gasteiger partial charge >= 0.3 is 0 Å². The van der Waals surface area contributed by atoms with Crippen LogP contribution in [0.5, 0.6) is 0 Å². The van der Waals surface area contributed by atoms with E-state index in [1.54, 1.807) is 11.3 Å². The van der Waals surface area contributed by atoms with Crippen molar-refractivity contribution in [2.24, 2.45) is 0 Å². The van der Waals surface area contributed by atoms with Crippen LogP contribution in [0, 0.1) is 6.92 Å². The maximum atomic E-state index is 4.31. The zero-order chi connectivity index (χ0) is 13.0. The zero-order valence-corrected chi connectivity index (χ0v) is 11.9. The van der Waals surface area contributed by atoms with Crippen molar-refractivity contribution in [1.29, 1.82) is 0 Å². The molecule has 0 saturated carbocycles. The van der Waals surface area contributed by atoms with Crippen molar-refractivity contribution in [3.05, 3.63) is 41.4 Å². The lowest BCUT2D eigenvalue weighted by molar-refractivity contribution is 0.716. The Balaban J connectivity index is 1.90. The monoisotopic (exact) mass is 261 g/mol. The topological polar surface area (TPSA) is 28.2 Å². The van der Waals surface area contributed by atoms with Crippen LogP contribution < -0.4 is 10.2 Å². The molecular weight excluding hydrogens is 242 g/mol. The largest absolute Gasteiger partial charge is 0.370 e. The molecule has 0 radical (unpaired) electrons. The average Bonchev–Trinajstić information content (AvgIpc) is 2.82. The zero-order valence-electron chi connectivity index (χ0n) is 11.1. The summed E-state index contributed by atoms with van der Waals surface area (Å²) in [5, 5.41) is 4.38. The number of anilines is 2. The maximum Gasteiger partial charge on any atom is 0.182 e. The summed E-state index contributed by atoms with van der Waals surface area (Å²) in [6.45, 7) is 5.17. The van der Waals surface area contributed by atoms with Crippen molar-refractivity contribution in [1.82, 2.24) is 4.98 Å². The molecule has 3 nitrogen and oxygen atoms in total. The quantitative estimate of drug-likeness (QED) is 0.894. The third-order valence-electron chi connectivity index (χ3n) is 2.99. The standard InChI is InChI=1S/C14H19N3S/c1-11(9-15-14-16-10-12(2)18-14)17(3)13-7-5-4-6-8-13/h4-8,10-11H,9H2,1-3H3,(H,15,16).